The fourth-order valence-electron chi connectivity index (χ4n) is 1.84. The molecule has 0 amide bonds. The zero-order valence-corrected chi connectivity index (χ0v) is 12.3. The van der Waals surface area contributed by atoms with Crippen molar-refractivity contribution in [1.29, 1.82) is 0 Å². The lowest BCUT2D eigenvalue weighted by atomic mass is 9.99. The Kier molecular flexibility index (Phi) is 6.00. The predicted molar refractivity (Wildman–Crippen MR) is 74.3 cm³/mol. The van der Waals surface area contributed by atoms with Crippen LogP contribution in [-0.4, -0.2) is 12.2 Å². The minimum absolute atomic E-state index is 0.443. The van der Waals surface area contributed by atoms with Gasteiger partial charge in [-0.25, -0.2) is 0 Å². The lowest BCUT2D eigenvalue weighted by Gasteiger charge is -2.15. The summed E-state index contributed by atoms with van der Waals surface area (Å²) in [5, 5.41) is 10.2. The third-order valence-corrected chi connectivity index (χ3v) is 3.30. The first-order valence-electron chi connectivity index (χ1n) is 6.06. The van der Waals surface area contributed by atoms with Gasteiger partial charge < -0.3 is 9.84 Å². The molecule has 2 nitrogen and oxygen atoms in total. The molecule has 1 atom stereocenters. The smallest absolute Gasteiger partial charge is 0.124 e. The molecule has 0 bridgehead atoms. The van der Waals surface area contributed by atoms with E-state index in [9.17, 15) is 5.11 Å². The molecule has 1 aromatic carbocycles. The van der Waals surface area contributed by atoms with Crippen molar-refractivity contribution in [3.8, 4) is 5.75 Å². The Morgan fingerprint density at radius 1 is 1.29 bits per heavy atom. The highest BCUT2D eigenvalue weighted by Crippen LogP contribution is 2.31. The Balaban J connectivity index is 2.66. The minimum atomic E-state index is -0.443. The van der Waals surface area contributed by atoms with Gasteiger partial charge in [0.25, 0.3) is 0 Å². The van der Waals surface area contributed by atoms with Gasteiger partial charge in [0, 0.05) is 10.0 Å². The quantitative estimate of drug-likeness (QED) is 0.848. The van der Waals surface area contributed by atoms with Crippen molar-refractivity contribution in [3.05, 3.63) is 28.2 Å². The van der Waals surface area contributed by atoms with E-state index in [0.29, 0.717) is 5.92 Å². The van der Waals surface area contributed by atoms with Crippen molar-refractivity contribution >= 4 is 15.9 Å². The van der Waals surface area contributed by atoms with E-state index in [4.69, 9.17) is 4.74 Å². The molecule has 1 N–H and O–H groups in total. The van der Waals surface area contributed by atoms with Gasteiger partial charge in [0.05, 0.1) is 13.2 Å². The van der Waals surface area contributed by atoms with Crippen LogP contribution in [0.15, 0.2) is 22.7 Å². The van der Waals surface area contributed by atoms with Crippen LogP contribution in [-0.2, 0) is 0 Å². The summed E-state index contributed by atoms with van der Waals surface area (Å²) >= 11 is 3.42. The van der Waals surface area contributed by atoms with Gasteiger partial charge in [0.15, 0.2) is 0 Å². The van der Waals surface area contributed by atoms with E-state index in [1.807, 2.05) is 18.2 Å². The van der Waals surface area contributed by atoms with E-state index in [0.717, 1.165) is 35.0 Å². The number of hydrogen-bond acceptors (Lipinski definition) is 2. The Hall–Kier alpha value is -0.540. The average Bonchev–Trinajstić information content (AvgIpc) is 2.28. The second-order valence-electron chi connectivity index (χ2n) is 4.73. The van der Waals surface area contributed by atoms with Crippen LogP contribution in [0.5, 0.6) is 5.75 Å². The van der Waals surface area contributed by atoms with Crippen molar-refractivity contribution in [2.24, 2.45) is 5.92 Å². The maximum Gasteiger partial charge on any atom is 0.124 e. The molecule has 0 fully saturated rings. The summed E-state index contributed by atoms with van der Waals surface area (Å²) in [7, 11) is 1.63. The first kappa shape index (κ1) is 14.5. The number of halogens is 1. The van der Waals surface area contributed by atoms with Crippen molar-refractivity contribution in [2.45, 2.75) is 39.2 Å². The normalized spacial score (nSPS) is 12.8. The zero-order chi connectivity index (χ0) is 12.8. The molecule has 17 heavy (non-hydrogen) atoms. The Morgan fingerprint density at radius 2 is 2.00 bits per heavy atom. The van der Waals surface area contributed by atoms with Crippen molar-refractivity contribution in [1.82, 2.24) is 0 Å². The molecule has 1 rings (SSSR count). The fourth-order valence-corrected chi connectivity index (χ4v) is 2.22. The van der Waals surface area contributed by atoms with Gasteiger partial charge in [-0.1, -0.05) is 42.6 Å². The zero-order valence-electron chi connectivity index (χ0n) is 10.7. The maximum absolute atomic E-state index is 10.2. The Bertz CT molecular complexity index is 350. The highest BCUT2D eigenvalue weighted by Gasteiger charge is 2.13. The number of benzene rings is 1. The molecule has 96 valence electrons. The van der Waals surface area contributed by atoms with Gasteiger partial charge in [-0.15, -0.1) is 0 Å². The summed E-state index contributed by atoms with van der Waals surface area (Å²) in [5.74, 6) is 1.44. The first-order valence-corrected chi connectivity index (χ1v) is 6.85. The van der Waals surface area contributed by atoms with Crippen LogP contribution >= 0.6 is 15.9 Å². The first-order chi connectivity index (χ1) is 8.04. The Morgan fingerprint density at radius 3 is 2.59 bits per heavy atom. The number of aliphatic hydroxyl groups excluding tert-OH is 1. The van der Waals surface area contributed by atoms with Gasteiger partial charge in [-0.3, -0.25) is 0 Å². The van der Waals surface area contributed by atoms with Gasteiger partial charge in [-0.2, -0.15) is 0 Å². The van der Waals surface area contributed by atoms with E-state index in [1.165, 1.54) is 0 Å². The third-order valence-electron chi connectivity index (χ3n) is 2.81. The number of methoxy groups -OCH3 is 1. The number of hydrogen-bond donors (Lipinski definition) is 1. The van der Waals surface area contributed by atoms with Crippen LogP contribution in [0.4, 0.5) is 0 Å². The summed E-state index contributed by atoms with van der Waals surface area (Å²) in [4.78, 5) is 0. The van der Waals surface area contributed by atoms with Gasteiger partial charge in [-0.05, 0) is 30.5 Å². The Labute approximate surface area is 112 Å². The van der Waals surface area contributed by atoms with Gasteiger partial charge >= 0.3 is 0 Å². The van der Waals surface area contributed by atoms with Crippen molar-refractivity contribution in [3.63, 3.8) is 0 Å². The van der Waals surface area contributed by atoms with Gasteiger partial charge in [0.2, 0.25) is 0 Å². The second kappa shape index (κ2) is 7.02. The number of aliphatic hydroxyl groups is 1. The second-order valence-corrected chi connectivity index (χ2v) is 5.64. The minimum Gasteiger partial charge on any atom is -0.496 e. The van der Waals surface area contributed by atoms with E-state index in [1.54, 1.807) is 7.11 Å². The van der Waals surface area contributed by atoms with Crippen molar-refractivity contribution < 1.29 is 9.84 Å². The van der Waals surface area contributed by atoms with Gasteiger partial charge in [0.1, 0.15) is 5.75 Å². The molecular weight excluding hydrogens is 280 g/mol. The average molecular weight is 301 g/mol. The summed E-state index contributed by atoms with van der Waals surface area (Å²) < 4.78 is 6.24. The summed E-state index contributed by atoms with van der Waals surface area (Å²) in [6, 6.07) is 5.73. The van der Waals surface area contributed by atoms with E-state index in [-0.39, 0.29) is 0 Å². The molecular formula is C14H21BrO2. The SMILES string of the molecule is COc1ccc(Br)cc1C(O)CCCC(C)C. The molecule has 0 saturated carbocycles. The molecule has 1 unspecified atom stereocenters. The molecule has 0 aromatic heterocycles. The van der Waals surface area contributed by atoms with Crippen LogP contribution in [0.2, 0.25) is 0 Å². The molecule has 1 aromatic rings. The monoisotopic (exact) mass is 300 g/mol. The van der Waals surface area contributed by atoms with Crippen LogP contribution in [0.1, 0.15) is 44.8 Å². The molecule has 0 aliphatic heterocycles. The highest BCUT2D eigenvalue weighted by molar-refractivity contribution is 9.10. The van der Waals surface area contributed by atoms with Crippen LogP contribution in [0, 0.1) is 5.92 Å². The fraction of sp³-hybridized carbons (Fsp3) is 0.571. The van der Waals surface area contributed by atoms with E-state index in [2.05, 4.69) is 29.8 Å². The molecule has 0 heterocycles. The molecule has 0 radical (unpaired) electrons. The number of ether oxygens (including phenoxy) is 1. The summed E-state index contributed by atoms with van der Waals surface area (Å²) in [6.45, 7) is 4.40. The van der Waals surface area contributed by atoms with Crippen molar-refractivity contribution in [2.75, 3.05) is 7.11 Å². The van der Waals surface area contributed by atoms with Crippen LogP contribution in [0.3, 0.4) is 0 Å². The number of rotatable bonds is 6. The molecule has 0 aliphatic carbocycles. The van der Waals surface area contributed by atoms with Crippen LogP contribution < -0.4 is 4.74 Å². The molecule has 0 aliphatic rings. The molecule has 3 heteroatoms. The van der Waals surface area contributed by atoms with E-state index >= 15 is 0 Å². The lowest BCUT2D eigenvalue weighted by Crippen LogP contribution is -2.01. The summed E-state index contributed by atoms with van der Waals surface area (Å²) in [5.41, 5.74) is 0.866. The topological polar surface area (TPSA) is 29.5 Å². The third kappa shape index (κ3) is 4.68. The standard InChI is InChI=1S/C14H21BrO2/c1-10(2)5-4-6-13(16)12-9-11(15)7-8-14(12)17-3/h7-10,13,16H,4-6H2,1-3H3. The van der Waals surface area contributed by atoms with E-state index < -0.39 is 6.10 Å². The van der Waals surface area contributed by atoms with Crippen LogP contribution in [0.25, 0.3) is 0 Å². The largest absolute Gasteiger partial charge is 0.496 e. The maximum atomic E-state index is 10.2. The molecule has 0 spiro atoms. The highest BCUT2D eigenvalue weighted by atomic mass is 79.9. The summed E-state index contributed by atoms with van der Waals surface area (Å²) in [6.07, 6.45) is 2.52. The lowest BCUT2D eigenvalue weighted by molar-refractivity contribution is 0.158. The molecule has 0 saturated heterocycles. The predicted octanol–water partition coefficient (Wildman–Crippen LogP) is 4.32.